The van der Waals surface area contributed by atoms with Gasteiger partial charge in [0.2, 0.25) is 11.8 Å². The van der Waals surface area contributed by atoms with E-state index in [1.807, 2.05) is 0 Å². The van der Waals surface area contributed by atoms with Gasteiger partial charge in [-0.3, -0.25) is 9.59 Å². The third-order valence-electron chi connectivity index (χ3n) is 4.06. The molecule has 0 bridgehead atoms. The Labute approximate surface area is 134 Å². The molecule has 0 spiro atoms. The first-order valence-electron chi connectivity index (χ1n) is 7.35. The number of benzene rings is 1. The Kier molecular flexibility index (Phi) is 4.88. The molecule has 7 nitrogen and oxygen atoms in total. The first-order valence-corrected chi connectivity index (χ1v) is 7.35. The third-order valence-corrected chi connectivity index (χ3v) is 4.06. The smallest absolute Gasteiger partial charge is 0.335 e. The SMILES string of the molecule is CNC(=O)C1(C(=O)NCCc2ccc(C(=O)O)cc2OC)CC1. The van der Waals surface area contributed by atoms with Crippen LogP contribution in [0.2, 0.25) is 0 Å². The van der Waals surface area contributed by atoms with Crippen LogP contribution in [0.15, 0.2) is 18.2 Å². The summed E-state index contributed by atoms with van der Waals surface area (Å²) in [5, 5.41) is 14.2. The molecule has 7 heteroatoms. The molecule has 1 fully saturated rings. The van der Waals surface area contributed by atoms with E-state index in [0.29, 0.717) is 31.6 Å². The summed E-state index contributed by atoms with van der Waals surface area (Å²) in [6.45, 7) is 0.348. The van der Waals surface area contributed by atoms with E-state index in [9.17, 15) is 14.4 Å². The largest absolute Gasteiger partial charge is 0.496 e. The molecule has 2 amide bonds. The van der Waals surface area contributed by atoms with Crippen LogP contribution in [-0.2, 0) is 16.0 Å². The van der Waals surface area contributed by atoms with Crippen LogP contribution < -0.4 is 15.4 Å². The standard InChI is InChI=1S/C16H20N2O5/c1-17-14(21)16(6-7-16)15(22)18-8-5-10-3-4-11(13(19)20)9-12(10)23-2/h3-4,9H,5-8H2,1-2H3,(H,17,21)(H,18,22)(H,19,20). The fourth-order valence-corrected chi connectivity index (χ4v) is 2.49. The van der Waals surface area contributed by atoms with Crippen LogP contribution in [0.5, 0.6) is 5.75 Å². The van der Waals surface area contributed by atoms with Crippen molar-refractivity contribution in [3.8, 4) is 5.75 Å². The normalized spacial score (nSPS) is 14.7. The number of carboxylic acids is 1. The Hall–Kier alpha value is -2.57. The molecule has 0 aromatic heterocycles. The molecule has 1 saturated carbocycles. The monoisotopic (exact) mass is 320 g/mol. The minimum absolute atomic E-state index is 0.145. The molecule has 0 heterocycles. The average molecular weight is 320 g/mol. The van der Waals surface area contributed by atoms with Gasteiger partial charge in [0.25, 0.3) is 0 Å². The summed E-state index contributed by atoms with van der Waals surface area (Å²) < 4.78 is 5.19. The zero-order valence-electron chi connectivity index (χ0n) is 13.1. The van der Waals surface area contributed by atoms with E-state index < -0.39 is 11.4 Å². The van der Waals surface area contributed by atoms with Gasteiger partial charge in [0.05, 0.1) is 12.7 Å². The fourth-order valence-electron chi connectivity index (χ4n) is 2.49. The molecule has 3 N–H and O–H groups in total. The van der Waals surface area contributed by atoms with E-state index >= 15 is 0 Å². The average Bonchev–Trinajstić information content (AvgIpc) is 3.35. The quantitative estimate of drug-likeness (QED) is 0.637. The lowest BCUT2D eigenvalue weighted by molar-refractivity contribution is -0.136. The van der Waals surface area contributed by atoms with Gasteiger partial charge in [-0.1, -0.05) is 6.07 Å². The zero-order chi connectivity index (χ0) is 17.0. The molecule has 1 aromatic rings. The summed E-state index contributed by atoms with van der Waals surface area (Å²) in [5.74, 6) is -1.08. The van der Waals surface area contributed by atoms with Gasteiger partial charge < -0.3 is 20.5 Å². The maximum Gasteiger partial charge on any atom is 0.335 e. The number of aromatic carboxylic acids is 1. The molecule has 0 radical (unpaired) electrons. The van der Waals surface area contributed by atoms with Crippen LogP contribution in [-0.4, -0.2) is 43.6 Å². The van der Waals surface area contributed by atoms with E-state index in [-0.39, 0.29) is 17.4 Å². The Morgan fingerprint density at radius 2 is 1.96 bits per heavy atom. The van der Waals surface area contributed by atoms with Crippen LogP contribution in [0.1, 0.15) is 28.8 Å². The molecule has 0 saturated heterocycles. The molecule has 0 atom stereocenters. The maximum atomic E-state index is 12.1. The van der Waals surface area contributed by atoms with Crippen molar-refractivity contribution >= 4 is 17.8 Å². The fraction of sp³-hybridized carbons (Fsp3) is 0.438. The number of hydrogen-bond donors (Lipinski definition) is 3. The van der Waals surface area contributed by atoms with Crippen molar-refractivity contribution in [2.75, 3.05) is 20.7 Å². The lowest BCUT2D eigenvalue weighted by atomic mass is 10.0. The van der Waals surface area contributed by atoms with Gasteiger partial charge >= 0.3 is 5.97 Å². The molecule has 2 rings (SSSR count). The predicted octanol–water partition coefficient (Wildman–Crippen LogP) is 0.578. The number of rotatable bonds is 7. The third kappa shape index (κ3) is 3.44. The van der Waals surface area contributed by atoms with Gasteiger partial charge in [0, 0.05) is 13.6 Å². The second kappa shape index (κ2) is 6.68. The van der Waals surface area contributed by atoms with Crippen molar-refractivity contribution in [1.82, 2.24) is 10.6 Å². The highest BCUT2D eigenvalue weighted by molar-refractivity contribution is 6.07. The molecule has 0 unspecified atom stereocenters. The van der Waals surface area contributed by atoms with E-state index in [0.717, 1.165) is 5.56 Å². The molecule has 1 aliphatic rings. The van der Waals surface area contributed by atoms with Gasteiger partial charge in [-0.2, -0.15) is 0 Å². The summed E-state index contributed by atoms with van der Waals surface area (Å²) in [4.78, 5) is 34.8. The number of carbonyl (C=O) groups is 3. The van der Waals surface area contributed by atoms with Crippen molar-refractivity contribution < 1.29 is 24.2 Å². The molecular formula is C16H20N2O5. The number of amides is 2. The summed E-state index contributed by atoms with van der Waals surface area (Å²) >= 11 is 0. The summed E-state index contributed by atoms with van der Waals surface area (Å²) in [6.07, 6.45) is 1.61. The first kappa shape index (κ1) is 16.8. The minimum atomic E-state index is -1.02. The van der Waals surface area contributed by atoms with Crippen molar-refractivity contribution in [2.45, 2.75) is 19.3 Å². The topological polar surface area (TPSA) is 105 Å². The summed E-state index contributed by atoms with van der Waals surface area (Å²) in [7, 11) is 2.98. The van der Waals surface area contributed by atoms with Crippen molar-refractivity contribution in [3.63, 3.8) is 0 Å². The second-order valence-corrected chi connectivity index (χ2v) is 5.50. The minimum Gasteiger partial charge on any atom is -0.496 e. The Morgan fingerprint density at radius 1 is 1.26 bits per heavy atom. The van der Waals surface area contributed by atoms with Gasteiger partial charge in [0.15, 0.2) is 0 Å². The summed E-state index contributed by atoms with van der Waals surface area (Å²) in [5.41, 5.74) is 0.0280. The molecule has 1 aliphatic carbocycles. The Balaban J connectivity index is 1.95. The lowest BCUT2D eigenvalue weighted by Gasteiger charge is -2.14. The number of hydrogen-bond acceptors (Lipinski definition) is 4. The molecule has 124 valence electrons. The van der Waals surface area contributed by atoms with Gasteiger partial charge in [0.1, 0.15) is 11.2 Å². The number of carboxylic acid groups (broad SMARTS) is 1. The molecular weight excluding hydrogens is 300 g/mol. The Bertz CT molecular complexity index is 637. The number of nitrogens with one attached hydrogen (secondary N) is 2. The van der Waals surface area contributed by atoms with Crippen molar-refractivity contribution in [2.24, 2.45) is 5.41 Å². The van der Waals surface area contributed by atoms with Crippen LogP contribution in [0.3, 0.4) is 0 Å². The summed E-state index contributed by atoms with van der Waals surface area (Å²) in [6, 6.07) is 4.61. The molecule has 23 heavy (non-hydrogen) atoms. The van der Waals surface area contributed by atoms with Gasteiger partial charge in [-0.25, -0.2) is 4.79 Å². The van der Waals surface area contributed by atoms with Crippen molar-refractivity contribution in [3.05, 3.63) is 29.3 Å². The van der Waals surface area contributed by atoms with Crippen LogP contribution in [0.4, 0.5) is 0 Å². The van der Waals surface area contributed by atoms with Crippen molar-refractivity contribution in [1.29, 1.82) is 0 Å². The highest BCUT2D eigenvalue weighted by Crippen LogP contribution is 2.46. The van der Waals surface area contributed by atoms with Crippen LogP contribution >= 0.6 is 0 Å². The second-order valence-electron chi connectivity index (χ2n) is 5.50. The first-order chi connectivity index (χ1) is 10.9. The van der Waals surface area contributed by atoms with E-state index in [4.69, 9.17) is 9.84 Å². The van der Waals surface area contributed by atoms with E-state index in [1.54, 1.807) is 6.07 Å². The number of carbonyl (C=O) groups excluding carboxylic acids is 2. The highest BCUT2D eigenvalue weighted by Gasteiger charge is 2.55. The van der Waals surface area contributed by atoms with Crippen LogP contribution in [0.25, 0.3) is 0 Å². The number of methoxy groups -OCH3 is 1. The maximum absolute atomic E-state index is 12.1. The van der Waals surface area contributed by atoms with Gasteiger partial charge in [-0.05, 0) is 37.0 Å². The zero-order valence-corrected chi connectivity index (χ0v) is 13.1. The molecule has 0 aliphatic heterocycles. The lowest BCUT2D eigenvalue weighted by Crippen LogP contribution is -2.42. The van der Waals surface area contributed by atoms with Gasteiger partial charge in [-0.15, -0.1) is 0 Å². The van der Waals surface area contributed by atoms with Crippen LogP contribution in [0, 0.1) is 5.41 Å². The van der Waals surface area contributed by atoms with E-state index in [1.165, 1.54) is 26.3 Å². The molecule has 1 aromatic carbocycles. The predicted molar refractivity (Wildman–Crippen MR) is 82.4 cm³/mol. The number of ether oxygens (including phenoxy) is 1. The Morgan fingerprint density at radius 3 is 2.48 bits per heavy atom. The highest BCUT2D eigenvalue weighted by atomic mass is 16.5. The van der Waals surface area contributed by atoms with E-state index in [2.05, 4.69) is 10.6 Å².